The first kappa shape index (κ1) is 10.0. The molecular formula is C11H23N. The van der Waals surface area contributed by atoms with Gasteiger partial charge in [0.25, 0.3) is 0 Å². The van der Waals surface area contributed by atoms with Crippen molar-refractivity contribution in [2.75, 3.05) is 13.1 Å². The van der Waals surface area contributed by atoms with Crippen LogP contribution in [0, 0.1) is 23.7 Å². The monoisotopic (exact) mass is 169 g/mol. The van der Waals surface area contributed by atoms with Gasteiger partial charge in [-0.3, -0.25) is 0 Å². The summed E-state index contributed by atoms with van der Waals surface area (Å²) in [4.78, 5) is 0. The van der Waals surface area contributed by atoms with Crippen LogP contribution in [0.3, 0.4) is 0 Å². The molecule has 1 aliphatic rings. The van der Waals surface area contributed by atoms with E-state index >= 15 is 0 Å². The van der Waals surface area contributed by atoms with Gasteiger partial charge in [0.15, 0.2) is 0 Å². The predicted octanol–water partition coefficient (Wildman–Crippen LogP) is 2.52. The van der Waals surface area contributed by atoms with Crippen molar-refractivity contribution in [2.24, 2.45) is 23.7 Å². The Morgan fingerprint density at radius 2 is 1.58 bits per heavy atom. The van der Waals surface area contributed by atoms with Gasteiger partial charge in [0.05, 0.1) is 0 Å². The van der Waals surface area contributed by atoms with Crippen LogP contribution in [0.25, 0.3) is 0 Å². The Balaban J connectivity index is 2.54. The summed E-state index contributed by atoms with van der Waals surface area (Å²) < 4.78 is 0. The maximum Gasteiger partial charge on any atom is -0.00153 e. The molecule has 1 fully saturated rings. The molecule has 1 rings (SSSR count). The van der Waals surface area contributed by atoms with Gasteiger partial charge in [-0.25, -0.2) is 0 Å². The van der Waals surface area contributed by atoms with Crippen molar-refractivity contribution in [1.82, 2.24) is 5.32 Å². The molecule has 0 aliphatic carbocycles. The molecule has 1 N–H and O–H groups in total. The average Bonchev–Trinajstić information content (AvgIpc) is 2.04. The van der Waals surface area contributed by atoms with Gasteiger partial charge in [-0.1, -0.05) is 27.7 Å². The minimum atomic E-state index is 0.838. The Hall–Kier alpha value is -0.0400. The summed E-state index contributed by atoms with van der Waals surface area (Å²) in [5.41, 5.74) is 0. The zero-order valence-electron chi connectivity index (χ0n) is 8.93. The van der Waals surface area contributed by atoms with Crippen molar-refractivity contribution < 1.29 is 0 Å². The lowest BCUT2D eigenvalue weighted by Crippen LogP contribution is -2.41. The molecule has 0 aromatic rings. The molecule has 1 saturated heterocycles. The molecule has 2 atom stereocenters. The van der Waals surface area contributed by atoms with Gasteiger partial charge in [0, 0.05) is 0 Å². The summed E-state index contributed by atoms with van der Waals surface area (Å²) in [6.07, 6.45) is 1.38. The first-order chi connectivity index (χ1) is 5.63. The standard InChI is InChI=1S/C11H23N/c1-8(2)10-5-6-12-7-11(10)9(3)4/h8-12H,5-7H2,1-4H3. The molecule has 1 heteroatoms. The molecule has 0 amide bonds. The summed E-state index contributed by atoms with van der Waals surface area (Å²) in [6.45, 7) is 11.9. The Kier molecular flexibility index (Phi) is 3.57. The minimum Gasteiger partial charge on any atom is -0.316 e. The molecule has 1 heterocycles. The van der Waals surface area contributed by atoms with Crippen LogP contribution in [0.15, 0.2) is 0 Å². The molecular weight excluding hydrogens is 146 g/mol. The van der Waals surface area contributed by atoms with Gasteiger partial charge in [0.2, 0.25) is 0 Å². The Morgan fingerprint density at radius 1 is 1.00 bits per heavy atom. The van der Waals surface area contributed by atoms with Crippen LogP contribution in [0.1, 0.15) is 34.1 Å². The SMILES string of the molecule is CC(C)C1CCNCC1C(C)C. The van der Waals surface area contributed by atoms with Crippen LogP contribution in [0.4, 0.5) is 0 Å². The molecule has 0 spiro atoms. The molecule has 0 radical (unpaired) electrons. The quantitative estimate of drug-likeness (QED) is 0.670. The van der Waals surface area contributed by atoms with Gasteiger partial charge >= 0.3 is 0 Å². The molecule has 1 nitrogen and oxygen atoms in total. The third-order valence-electron chi connectivity index (χ3n) is 3.30. The fraction of sp³-hybridized carbons (Fsp3) is 1.00. The fourth-order valence-electron chi connectivity index (χ4n) is 2.46. The molecule has 1 aliphatic heterocycles. The number of piperidine rings is 1. The fourth-order valence-corrected chi connectivity index (χ4v) is 2.46. The maximum atomic E-state index is 3.50. The molecule has 0 saturated carbocycles. The van der Waals surface area contributed by atoms with Crippen LogP contribution in [0.5, 0.6) is 0 Å². The van der Waals surface area contributed by atoms with Gasteiger partial charge in [-0.2, -0.15) is 0 Å². The van der Waals surface area contributed by atoms with Gasteiger partial charge in [0.1, 0.15) is 0 Å². The van der Waals surface area contributed by atoms with E-state index in [1.165, 1.54) is 19.5 Å². The molecule has 0 aromatic carbocycles. The van der Waals surface area contributed by atoms with Crippen molar-refractivity contribution in [1.29, 1.82) is 0 Å². The number of rotatable bonds is 2. The average molecular weight is 169 g/mol. The maximum absolute atomic E-state index is 3.50. The lowest BCUT2D eigenvalue weighted by molar-refractivity contribution is 0.150. The third-order valence-corrected chi connectivity index (χ3v) is 3.30. The highest BCUT2D eigenvalue weighted by atomic mass is 14.9. The van der Waals surface area contributed by atoms with E-state index in [2.05, 4.69) is 33.0 Å². The van der Waals surface area contributed by atoms with Gasteiger partial charge in [-0.05, 0) is 43.2 Å². The van der Waals surface area contributed by atoms with Crippen LogP contribution >= 0.6 is 0 Å². The summed E-state index contributed by atoms with van der Waals surface area (Å²) >= 11 is 0. The second-order valence-corrected chi connectivity index (χ2v) is 4.81. The first-order valence-electron chi connectivity index (χ1n) is 5.33. The van der Waals surface area contributed by atoms with E-state index in [4.69, 9.17) is 0 Å². The number of nitrogens with one attached hydrogen (secondary N) is 1. The van der Waals surface area contributed by atoms with Crippen LogP contribution in [-0.4, -0.2) is 13.1 Å². The van der Waals surface area contributed by atoms with E-state index in [-0.39, 0.29) is 0 Å². The van der Waals surface area contributed by atoms with Crippen molar-refractivity contribution >= 4 is 0 Å². The predicted molar refractivity (Wildman–Crippen MR) is 54.1 cm³/mol. The largest absolute Gasteiger partial charge is 0.316 e. The smallest absolute Gasteiger partial charge is 0.00153 e. The third kappa shape index (κ3) is 2.22. The van der Waals surface area contributed by atoms with E-state index in [0.717, 1.165) is 23.7 Å². The molecule has 2 unspecified atom stereocenters. The van der Waals surface area contributed by atoms with E-state index in [1.807, 2.05) is 0 Å². The topological polar surface area (TPSA) is 12.0 Å². The highest BCUT2D eigenvalue weighted by molar-refractivity contribution is 4.81. The van der Waals surface area contributed by atoms with Crippen LogP contribution in [-0.2, 0) is 0 Å². The van der Waals surface area contributed by atoms with Gasteiger partial charge < -0.3 is 5.32 Å². The van der Waals surface area contributed by atoms with Crippen LogP contribution in [0.2, 0.25) is 0 Å². The van der Waals surface area contributed by atoms with E-state index in [1.54, 1.807) is 0 Å². The van der Waals surface area contributed by atoms with Crippen molar-refractivity contribution in [3.63, 3.8) is 0 Å². The Morgan fingerprint density at radius 3 is 2.00 bits per heavy atom. The molecule has 0 bridgehead atoms. The molecule has 12 heavy (non-hydrogen) atoms. The van der Waals surface area contributed by atoms with Gasteiger partial charge in [-0.15, -0.1) is 0 Å². The first-order valence-corrected chi connectivity index (χ1v) is 5.33. The lowest BCUT2D eigenvalue weighted by Gasteiger charge is -2.37. The molecule has 0 aromatic heterocycles. The second-order valence-electron chi connectivity index (χ2n) is 4.81. The summed E-state index contributed by atoms with van der Waals surface area (Å²) in [7, 11) is 0. The highest BCUT2D eigenvalue weighted by Crippen LogP contribution is 2.31. The van der Waals surface area contributed by atoms with E-state index < -0.39 is 0 Å². The molecule has 72 valence electrons. The zero-order chi connectivity index (χ0) is 9.14. The van der Waals surface area contributed by atoms with Crippen molar-refractivity contribution in [2.45, 2.75) is 34.1 Å². The zero-order valence-corrected chi connectivity index (χ0v) is 8.93. The van der Waals surface area contributed by atoms with Crippen molar-refractivity contribution in [3.05, 3.63) is 0 Å². The Bertz CT molecular complexity index is 113. The van der Waals surface area contributed by atoms with E-state index in [9.17, 15) is 0 Å². The van der Waals surface area contributed by atoms with Crippen LogP contribution < -0.4 is 5.32 Å². The highest BCUT2D eigenvalue weighted by Gasteiger charge is 2.29. The van der Waals surface area contributed by atoms with Crippen molar-refractivity contribution in [3.8, 4) is 0 Å². The lowest BCUT2D eigenvalue weighted by atomic mass is 9.74. The summed E-state index contributed by atoms with van der Waals surface area (Å²) in [6, 6.07) is 0. The summed E-state index contributed by atoms with van der Waals surface area (Å²) in [5.74, 6) is 3.55. The minimum absolute atomic E-state index is 0.838. The Labute approximate surface area is 76.9 Å². The number of hydrogen-bond donors (Lipinski definition) is 1. The van der Waals surface area contributed by atoms with E-state index in [0.29, 0.717) is 0 Å². The summed E-state index contributed by atoms with van der Waals surface area (Å²) in [5, 5.41) is 3.50. The number of hydrogen-bond acceptors (Lipinski definition) is 1. The normalized spacial score (nSPS) is 31.5. The second kappa shape index (κ2) is 4.27.